The lowest BCUT2D eigenvalue weighted by Crippen LogP contribution is -2.41. The van der Waals surface area contributed by atoms with Gasteiger partial charge in [0.2, 0.25) is 0 Å². The van der Waals surface area contributed by atoms with Gasteiger partial charge < -0.3 is 15.0 Å². The van der Waals surface area contributed by atoms with E-state index in [2.05, 4.69) is 45.7 Å². The van der Waals surface area contributed by atoms with Crippen LogP contribution in [0.4, 0.5) is 15.9 Å². The lowest BCUT2D eigenvalue weighted by Gasteiger charge is -2.33. The van der Waals surface area contributed by atoms with Gasteiger partial charge in [0, 0.05) is 30.5 Å². The third-order valence-corrected chi connectivity index (χ3v) is 6.14. The molecule has 0 spiro atoms. The first-order chi connectivity index (χ1) is 14.4. The number of piperidine rings is 1. The maximum Gasteiger partial charge on any atom is 0.173 e. The zero-order valence-corrected chi connectivity index (χ0v) is 17.9. The lowest BCUT2D eigenvalue weighted by atomic mass is 9.83. The first-order valence-corrected chi connectivity index (χ1v) is 10.6. The molecule has 8 heteroatoms. The van der Waals surface area contributed by atoms with Crippen molar-refractivity contribution >= 4 is 39.7 Å². The molecule has 156 valence electrons. The van der Waals surface area contributed by atoms with E-state index in [9.17, 15) is 4.39 Å². The van der Waals surface area contributed by atoms with Crippen molar-refractivity contribution in [3.8, 4) is 0 Å². The Balaban J connectivity index is 1.49. The number of rotatable bonds is 3. The van der Waals surface area contributed by atoms with Gasteiger partial charge in [-0.05, 0) is 57.2 Å². The highest BCUT2D eigenvalue weighted by Crippen LogP contribution is 2.37. The minimum Gasteiger partial charge on any atom is -0.337 e. The van der Waals surface area contributed by atoms with Crippen molar-refractivity contribution in [1.82, 2.24) is 24.9 Å². The van der Waals surface area contributed by atoms with Gasteiger partial charge in [-0.25, -0.2) is 9.37 Å². The summed E-state index contributed by atoms with van der Waals surface area (Å²) in [7, 11) is 0. The second-order valence-electron chi connectivity index (χ2n) is 8.45. The van der Waals surface area contributed by atoms with E-state index >= 15 is 0 Å². The van der Waals surface area contributed by atoms with E-state index in [1.807, 2.05) is 13.0 Å². The molecule has 4 heterocycles. The molecule has 0 saturated carbocycles. The third-order valence-electron chi connectivity index (χ3n) is 5.84. The smallest absolute Gasteiger partial charge is 0.173 e. The van der Waals surface area contributed by atoms with Gasteiger partial charge in [0.05, 0.1) is 27.3 Å². The SMILES string of the molecule is Cc1cn2cc(Nc3n[nH]c4cc(C5C[C@@H](C)N[C@H](C)C5)cc(Cl)c34)cc(F)c2n1. The zero-order valence-electron chi connectivity index (χ0n) is 17.1. The van der Waals surface area contributed by atoms with Gasteiger partial charge in [0.15, 0.2) is 17.3 Å². The number of imidazole rings is 1. The molecule has 0 amide bonds. The minimum absolute atomic E-state index is 0.304. The van der Waals surface area contributed by atoms with Gasteiger partial charge in [-0.15, -0.1) is 0 Å². The number of aromatic nitrogens is 4. The van der Waals surface area contributed by atoms with Gasteiger partial charge in [-0.3, -0.25) is 5.10 Å². The molecule has 0 radical (unpaired) electrons. The number of hydrogen-bond donors (Lipinski definition) is 3. The third kappa shape index (κ3) is 3.42. The summed E-state index contributed by atoms with van der Waals surface area (Å²) in [6.07, 6.45) is 5.73. The normalized spacial score (nSPS) is 22.1. The summed E-state index contributed by atoms with van der Waals surface area (Å²) in [6, 6.07) is 6.55. The van der Waals surface area contributed by atoms with Crippen LogP contribution in [0.5, 0.6) is 0 Å². The highest BCUT2D eigenvalue weighted by Gasteiger charge is 2.25. The maximum atomic E-state index is 14.4. The van der Waals surface area contributed by atoms with E-state index in [0.29, 0.717) is 40.2 Å². The Morgan fingerprint density at radius 1 is 1.17 bits per heavy atom. The Hall–Kier alpha value is -2.64. The number of aryl methyl sites for hydroxylation is 1. The number of nitrogens with one attached hydrogen (secondary N) is 3. The highest BCUT2D eigenvalue weighted by atomic mass is 35.5. The zero-order chi connectivity index (χ0) is 21.0. The molecular weight excluding hydrogens is 403 g/mol. The van der Waals surface area contributed by atoms with E-state index in [-0.39, 0.29) is 0 Å². The molecule has 1 aromatic carbocycles. The van der Waals surface area contributed by atoms with Gasteiger partial charge in [-0.1, -0.05) is 11.6 Å². The molecule has 1 aliphatic heterocycles. The summed E-state index contributed by atoms with van der Waals surface area (Å²) in [4.78, 5) is 4.19. The quantitative estimate of drug-likeness (QED) is 0.415. The van der Waals surface area contributed by atoms with Crippen molar-refractivity contribution in [2.45, 2.75) is 51.6 Å². The summed E-state index contributed by atoms with van der Waals surface area (Å²) >= 11 is 6.69. The molecule has 0 bridgehead atoms. The molecule has 6 nitrogen and oxygen atoms in total. The van der Waals surface area contributed by atoms with Crippen LogP contribution in [0.2, 0.25) is 5.02 Å². The minimum atomic E-state index is -0.393. The molecule has 1 aliphatic rings. The van der Waals surface area contributed by atoms with Gasteiger partial charge in [0.1, 0.15) is 0 Å². The van der Waals surface area contributed by atoms with Crippen LogP contribution >= 0.6 is 11.6 Å². The van der Waals surface area contributed by atoms with Gasteiger partial charge in [0.25, 0.3) is 0 Å². The van der Waals surface area contributed by atoms with Crippen LogP contribution in [0.15, 0.2) is 30.6 Å². The van der Waals surface area contributed by atoms with Gasteiger partial charge >= 0.3 is 0 Å². The van der Waals surface area contributed by atoms with E-state index in [1.165, 1.54) is 11.6 Å². The Kier molecular flexibility index (Phi) is 4.67. The van der Waals surface area contributed by atoms with E-state index in [4.69, 9.17) is 11.6 Å². The Morgan fingerprint density at radius 3 is 2.70 bits per heavy atom. The lowest BCUT2D eigenvalue weighted by molar-refractivity contribution is 0.317. The monoisotopic (exact) mass is 426 g/mol. The number of hydrogen-bond acceptors (Lipinski definition) is 4. The number of anilines is 2. The van der Waals surface area contributed by atoms with Crippen LogP contribution in [0.3, 0.4) is 0 Å². The Morgan fingerprint density at radius 2 is 1.93 bits per heavy atom. The molecule has 1 fully saturated rings. The molecule has 0 unspecified atom stereocenters. The fourth-order valence-corrected chi connectivity index (χ4v) is 5.00. The number of aromatic amines is 1. The van der Waals surface area contributed by atoms with Crippen molar-refractivity contribution in [3.63, 3.8) is 0 Å². The first kappa shape index (κ1) is 19.3. The average Bonchev–Trinajstić information content (AvgIpc) is 3.24. The number of fused-ring (bicyclic) bond motifs is 2. The van der Waals surface area contributed by atoms with Crippen LogP contribution < -0.4 is 10.6 Å². The maximum absolute atomic E-state index is 14.4. The fourth-order valence-electron chi connectivity index (χ4n) is 4.68. The molecule has 2 atom stereocenters. The molecule has 3 aromatic heterocycles. The standard InChI is InChI=1S/C22H24ClFN6/c1-11-4-14(5-12(2)25-11)15-6-17(23)20-19(7-15)28-29-21(20)27-16-8-18(24)22-26-13(3)9-30(22)10-16/h6-12,14,25H,4-5H2,1-3H3,(H2,27,28,29)/t11-,12-/m1/s1. The van der Waals surface area contributed by atoms with Crippen LogP contribution in [0.1, 0.15) is 43.9 Å². The summed E-state index contributed by atoms with van der Waals surface area (Å²) < 4.78 is 16.1. The van der Waals surface area contributed by atoms with Crippen LogP contribution in [-0.2, 0) is 0 Å². The number of nitrogens with zero attached hydrogens (tertiary/aromatic N) is 3. The van der Waals surface area contributed by atoms with Crippen LogP contribution in [0, 0.1) is 12.7 Å². The van der Waals surface area contributed by atoms with Crippen molar-refractivity contribution in [1.29, 1.82) is 0 Å². The molecule has 3 N–H and O–H groups in total. The summed E-state index contributed by atoms with van der Waals surface area (Å²) in [5.41, 5.74) is 3.74. The Bertz CT molecular complexity index is 1240. The molecule has 0 aliphatic carbocycles. The second-order valence-corrected chi connectivity index (χ2v) is 8.86. The van der Waals surface area contributed by atoms with Crippen LogP contribution in [0.25, 0.3) is 16.6 Å². The fraction of sp³-hybridized carbons (Fsp3) is 0.364. The topological polar surface area (TPSA) is 70.0 Å². The summed E-state index contributed by atoms with van der Waals surface area (Å²) in [5.74, 6) is 0.637. The van der Waals surface area contributed by atoms with Crippen molar-refractivity contribution in [2.24, 2.45) is 0 Å². The van der Waals surface area contributed by atoms with Gasteiger partial charge in [-0.2, -0.15) is 5.10 Å². The van der Waals surface area contributed by atoms with E-state index < -0.39 is 5.82 Å². The largest absolute Gasteiger partial charge is 0.337 e. The average molecular weight is 427 g/mol. The van der Waals surface area contributed by atoms with Crippen molar-refractivity contribution < 1.29 is 4.39 Å². The Labute approximate surface area is 178 Å². The van der Waals surface area contributed by atoms with Crippen molar-refractivity contribution in [2.75, 3.05) is 5.32 Å². The van der Waals surface area contributed by atoms with E-state index in [1.54, 1.807) is 16.8 Å². The molecular formula is C22H24ClFN6. The number of benzene rings is 1. The highest BCUT2D eigenvalue weighted by molar-refractivity contribution is 6.36. The number of H-pyrrole nitrogens is 1. The summed E-state index contributed by atoms with van der Waals surface area (Å²) in [6.45, 7) is 6.28. The predicted octanol–water partition coefficient (Wildman–Crippen LogP) is 5.30. The van der Waals surface area contributed by atoms with Crippen LogP contribution in [-0.4, -0.2) is 31.7 Å². The molecule has 5 rings (SSSR count). The first-order valence-electron chi connectivity index (χ1n) is 10.2. The molecule has 1 saturated heterocycles. The molecule has 4 aromatic rings. The number of halogens is 2. The summed E-state index contributed by atoms with van der Waals surface area (Å²) in [5, 5.41) is 15.7. The van der Waals surface area contributed by atoms with Crippen molar-refractivity contribution in [3.05, 3.63) is 52.7 Å². The second kappa shape index (κ2) is 7.25. The molecule has 30 heavy (non-hydrogen) atoms. The predicted molar refractivity (Wildman–Crippen MR) is 118 cm³/mol. The van der Waals surface area contributed by atoms with E-state index in [0.717, 1.165) is 29.4 Å². The number of pyridine rings is 1.